The molecule has 0 N–H and O–H groups in total. The van der Waals surface area contributed by atoms with E-state index in [4.69, 9.17) is 0 Å². The largest absolute Gasteiger partial charge is 0.310 e. The van der Waals surface area contributed by atoms with Crippen LogP contribution in [0.25, 0.3) is 94.3 Å². The summed E-state index contributed by atoms with van der Waals surface area (Å²) in [7, 11) is 0. The molecule has 0 aliphatic carbocycles. The van der Waals surface area contributed by atoms with Gasteiger partial charge in [-0.15, -0.1) is 0 Å². The minimum absolute atomic E-state index is 0.177. The maximum Gasteiger partial charge on any atom is 0.252 e. The molecule has 4 heteroatoms. The van der Waals surface area contributed by atoms with E-state index in [2.05, 4.69) is 345 Å². The highest BCUT2D eigenvalue weighted by atomic mass is 15.2. The van der Waals surface area contributed by atoms with E-state index in [0.717, 1.165) is 58.6 Å². The Hall–Kier alpha value is -10.7. The summed E-state index contributed by atoms with van der Waals surface area (Å²) in [6, 6.07) is 114. The fraction of sp³-hybridized carbons (Fsp3) is 0.0930. The SMILES string of the molecule is CCCCc1cc(-c2ccccc2)cc(-c2ccccc2)c1N1c2cc(-n3c4ccccc4c4ccccc43)ccc2B2c3cc(-c4ccccc4)ccc3N(c3c(-c4ccccc4)cc(-c4ccccc4)cc3-c3ccccc3)c3cc(C(C)(C)C)cc1c32. The zero-order chi connectivity index (χ0) is 60.5. The van der Waals surface area contributed by atoms with Crippen molar-refractivity contribution in [3.05, 3.63) is 314 Å². The van der Waals surface area contributed by atoms with Crippen molar-refractivity contribution in [1.29, 1.82) is 0 Å². The Morgan fingerprint density at radius 2 is 0.767 bits per heavy atom. The first-order valence-corrected chi connectivity index (χ1v) is 32.0. The summed E-state index contributed by atoms with van der Waals surface area (Å²) < 4.78 is 2.50. The number of aryl methyl sites for hydroxylation is 1. The van der Waals surface area contributed by atoms with Crippen molar-refractivity contribution in [2.45, 2.75) is 52.4 Å². The molecule has 2 aliphatic heterocycles. The topological polar surface area (TPSA) is 11.4 Å². The number of unbranched alkanes of at least 4 members (excludes halogenated alkanes) is 1. The van der Waals surface area contributed by atoms with Gasteiger partial charge in [-0.2, -0.15) is 0 Å². The minimum atomic E-state index is -0.271. The van der Waals surface area contributed by atoms with Gasteiger partial charge in [0.05, 0.1) is 22.4 Å². The number of hydrogen-bond acceptors (Lipinski definition) is 2. The first-order valence-electron chi connectivity index (χ1n) is 32.0. The maximum atomic E-state index is 2.75. The summed E-state index contributed by atoms with van der Waals surface area (Å²) in [5, 5.41) is 2.49. The van der Waals surface area contributed by atoms with E-state index in [1.807, 2.05) is 0 Å². The fourth-order valence-corrected chi connectivity index (χ4v) is 14.6. The van der Waals surface area contributed by atoms with Crippen molar-refractivity contribution in [2.75, 3.05) is 9.80 Å². The number of rotatable bonds is 12. The Kier molecular flexibility index (Phi) is 13.7. The summed E-state index contributed by atoms with van der Waals surface area (Å²) in [4.78, 5) is 5.44. The Labute approximate surface area is 529 Å². The predicted octanol–water partition coefficient (Wildman–Crippen LogP) is 21.5. The normalized spacial score (nSPS) is 12.5. The second kappa shape index (κ2) is 22.5. The molecule has 430 valence electrons. The summed E-state index contributed by atoms with van der Waals surface area (Å²) in [6.07, 6.45) is 3.00. The van der Waals surface area contributed by atoms with E-state index in [-0.39, 0.29) is 12.1 Å². The average Bonchev–Trinajstić information content (AvgIpc) is 0.766. The van der Waals surface area contributed by atoms with Gasteiger partial charge < -0.3 is 14.4 Å². The van der Waals surface area contributed by atoms with E-state index >= 15 is 0 Å². The molecule has 16 rings (SSSR count). The molecule has 13 aromatic carbocycles. The van der Waals surface area contributed by atoms with Gasteiger partial charge in [0.1, 0.15) is 0 Å². The van der Waals surface area contributed by atoms with Crippen molar-refractivity contribution in [3.63, 3.8) is 0 Å². The maximum absolute atomic E-state index is 2.75. The predicted molar refractivity (Wildman–Crippen MR) is 385 cm³/mol. The third-order valence-electron chi connectivity index (χ3n) is 18.9. The van der Waals surface area contributed by atoms with E-state index in [0.29, 0.717) is 0 Å². The van der Waals surface area contributed by atoms with Crippen LogP contribution in [0.5, 0.6) is 0 Å². The molecule has 14 aromatic rings. The summed E-state index contributed by atoms with van der Waals surface area (Å²) in [5.74, 6) is 0. The lowest BCUT2D eigenvalue weighted by Crippen LogP contribution is -2.61. The average molecular weight is 1150 g/mol. The first kappa shape index (κ1) is 54.7. The van der Waals surface area contributed by atoms with Crippen LogP contribution in [0.15, 0.2) is 303 Å². The van der Waals surface area contributed by atoms with Crippen LogP contribution < -0.4 is 26.2 Å². The third-order valence-corrected chi connectivity index (χ3v) is 18.9. The summed E-state index contributed by atoms with van der Waals surface area (Å²) in [5.41, 5.74) is 30.9. The molecule has 3 nitrogen and oxygen atoms in total. The Bertz CT molecular complexity index is 4900. The van der Waals surface area contributed by atoms with Crippen molar-refractivity contribution in [3.8, 4) is 72.4 Å². The van der Waals surface area contributed by atoms with Gasteiger partial charge >= 0.3 is 0 Å². The Balaban J connectivity index is 1.08. The lowest BCUT2D eigenvalue weighted by Gasteiger charge is -2.46. The van der Waals surface area contributed by atoms with Crippen molar-refractivity contribution in [2.24, 2.45) is 0 Å². The van der Waals surface area contributed by atoms with Crippen LogP contribution in [0.1, 0.15) is 51.7 Å². The number of aromatic nitrogens is 1. The standard InChI is InChI=1S/C86H68BN3/c1-5-6-29-65-50-66(59-32-15-8-16-33-59)51-72(61-36-19-10-20-37-61)84(65)90-80-57-69(88-77-44-27-25-42-70(77)71-43-26-28-45-78(71)88)47-48-75(80)87-76-54-64(58-30-13-7-14-31-58)46-49-79(76)89(81-55-68(86(2,3)4)56-82(90)83(81)87)85-73(62-38-21-11-22-39-62)52-67(60-34-17-9-18-35-60)53-74(85)63-40-23-12-24-41-63/h7-28,30-57H,5-6,29H2,1-4H3. The van der Waals surface area contributed by atoms with Crippen LogP contribution in [-0.4, -0.2) is 11.3 Å². The smallest absolute Gasteiger partial charge is 0.252 e. The zero-order valence-electron chi connectivity index (χ0n) is 51.4. The monoisotopic (exact) mass is 1150 g/mol. The van der Waals surface area contributed by atoms with Crippen LogP contribution >= 0.6 is 0 Å². The molecule has 0 spiro atoms. The lowest BCUT2D eigenvalue weighted by atomic mass is 9.33. The van der Waals surface area contributed by atoms with Crippen LogP contribution in [0.3, 0.4) is 0 Å². The fourth-order valence-electron chi connectivity index (χ4n) is 14.6. The molecule has 0 fully saturated rings. The van der Waals surface area contributed by atoms with Crippen molar-refractivity contribution >= 4 is 79.0 Å². The molecule has 0 bridgehead atoms. The molecule has 2 aliphatic rings. The second-order valence-electron chi connectivity index (χ2n) is 25.4. The highest BCUT2D eigenvalue weighted by Gasteiger charge is 2.46. The molecule has 0 saturated carbocycles. The quantitative estimate of drug-likeness (QED) is 0.113. The van der Waals surface area contributed by atoms with Gasteiger partial charge in [0.15, 0.2) is 0 Å². The number of nitrogens with zero attached hydrogens (tertiary/aromatic N) is 3. The number of fused-ring (bicyclic) bond motifs is 7. The molecule has 0 unspecified atom stereocenters. The van der Waals surface area contributed by atoms with Crippen LogP contribution in [0.2, 0.25) is 0 Å². The third kappa shape index (κ3) is 9.36. The molecule has 0 amide bonds. The molecular formula is C86H68BN3. The van der Waals surface area contributed by atoms with E-state index in [9.17, 15) is 0 Å². The Morgan fingerprint density at radius 1 is 0.333 bits per heavy atom. The van der Waals surface area contributed by atoms with Gasteiger partial charge in [-0.3, -0.25) is 0 Å². The Morgan fingerprint density at radius 3 is 1.26 bits per heavy atom. The van der Waals surface area contributed by atoms with Gasteiger partial charge in [-0.05, 0) is 163 Å². The number of benzene rings is 13. The lowest BCUT2D eigenvalue weighted by molar-refractivity contribution is 0.590. The molecule has 0 atom stereocenters. The van der Waals surface area contributed by atoms with Crippen LogP contribution in [0.4, 0.5) is 34.1 Å². The molecule has 90 heavy (non-hydrogen) atoms. The van der Waals surface area contributed by atoms with E-state index in [1.165, 1.54) is 117 Å². The van der Waals surface area contributed by atoms with Gasteiger partial charge in [-0.1, -0.05) is 271 Å². The van der Waals surface area contributed by atoms with Crippen molar-refractivity contribution in [1.82, 2.24) is 4.57 Å². The first-order chi connectivity index (χ1) is 44.3. The summed E-state index contributed by atoms with van der Waals surface area (Å²) in [6.45, 7) is 9.33. The molecule has 0 radical (unpaired) electrons. The minimum Gasteiger partial charge on any atom is -0.310 e. The van der Waals surface area contributed by atoms with Gasteiger partial charge in [0.2, 0.25) is 0 Å². The zero-order valence-corrected chi connectivity index (χ0v) is 51.4. The number of para-hydroxylation sites is 2. The highest BCUT2D eigenvalue weighted by Crippen LogP contribution is 2.54. The molecule has 3 heterocycles. The van der Waals surface area contributed by atoms with Gasteiger partial charge in [0.25, 0.3) is 6.71 Å². The second-order valence-corrected chi connectivity index (χ2v) is 25.4. The van der Waals surface area contributed by atoms with Crippen LogP contribution in [-0.2, 0) is 11.8 Å². The van der Waals surface area contributed by atoms with Gasteiger partial charge in [-0.25, -0.2) is 0 Å². The van der Waals surface area contributed by atoms with Crippen molar-refractivity contribution < 1.29 is 0 Å². The van der Waals surface area contributed by atoms with E-state index < -0.39 is 0 Å². The van der Waals surface area contributed by atoms with E-state index in [1.54, 1.807) is 0 Å². The molecule has 1 aromatic heterocycles. The number of hydrogen-bond donors (Lipinski definition) is 0. The molecule has 0 saturated heterocycles. The summed E-state index contributed by atoms with van der Waals surface area (Å²) >= 11 is 0. The van der Waals surface area contributed by atoms with Crippen LogP contribution in [0, 0.1) is 0 Å². The number of anilines is 6. The highest BCUT2D eigenvalue weighted by molar-refractivity contribution is 7.00. The van der Waals surface area contributed by atoms with Gasteiger partial charge in [0, 0.05) is 55.9 Å². The molecular weight excluding hydrogens is 1090 g/mol.